The number of carbonyl (C=O) groups excluding carboxylic acids is 2. The Kier molecular flexibility index (Phi) is 7.39. The first kappa shape index (κ1) is 23.4. The molecule has 1 aliphatic heterocycles. The molecular weight excluding hydrogens is 430 g/mol. The Morgan fingerprint density at radius 2 is 2.03 bits per heavy atom. The summed E-state index contributed by atoms with van der Waals surface area (Å²) < 4.78 is 15.3. The van der Waals surface area contributed by atoms with Crippen LogP contribution in [0.25, 0.3) is 0 Å². The smallest absolute Gasteiger partial charge is 0.338 e. The van der Waals surface area contributed by atoms with Gasteiger partial charge in [0, 0.05) is 11.6 Å². The molecule has 0 saturated carbocycles. The van der Waals surface area contributed by atoms with Crippen LogP contribution < -0.4 is 5.73 Å². The normalized spacial score (nSPS) is 15.6. The fourth-order valence-electron chi connectivity index (χ4n) is 2.80. The first-order valence-electron chi connectivity index (χ1n) is 8.80. The van der Waals surface area contributed by atoms with Gasteiger partial charge in [-0.3, -0.25) is 10.1 Å². The fraction of sp³-hybridized carbons (Fsp3) is 0.250. The molecule has 1 atom stereocenters. The molecule has 10 nitrogen and oxygen atoms in total. The van der Waals surface area contributed by atoms with Crippen LogP contribution in [0, 0.1) is 21.4 Å². The molecule has 11 heteroatoms. The van der Waals surface area contributed by atoms with Crippen LogP contribution in [-0.2, 0) is 23.8 Å². The summed E-state index contributed by atoms with van der Waals surface area (Å²) in [7, 11) is 0. The SMILES string of the molecule is C=C(C)C(=O)OCCOC(=O)C1=C(C)OC(N)=C(C#N)C1c1ccc([N+](=O)[O-])c(Cl)c1. The van der Waals surface area contributed by atoms with Gasteiger partial charge in [-0.25, -0.2) is 9.59 Å². The van der Waals surface area contributed by atoms with Crippen molar-refractivity contribution in [3.63, 3.8) is 0 Å². The maximum absolute atomic E-state index is 12.8. The zero-order valence-corrected chi connectivity index (χ0v) is 17.4. The molecule has 0 radical (unpaired) electrons. The molecule has 0 amide bonds. The molecule has 31 heavy (non-hydrogen) atoms. The lowest BCUT2D eigenvalue weighted by Gasteiger charge is -2.27. The predicted octanol–water partition coefficient (Wildman–Crippen LogP) is 2.99. The number of carbonyl (C=O) groups is 2. The molecule has 162 valence electrons. The van der Waals surface area contributed by atoms with Crippen molar-refractivity contribution in [1.29, 1.82) is 5.26 Å². The number of ether oxygens (including phenoxy) is 3. The van der Waals surface area contributed by atoms with Gasteiger partial charge in [0.15, 0.2) is 0 Å². The van der Waals surface area contributed by atoms with Gasteiger partial charge in [0.2, 0.25) is 5.88 Å². The highest BCUT2D eigenvalue weighted by atomic mass is 35.5. The minimum absolute atomic E-state index is 0.0399. The number of allylic oxidation sites excluding steroid dienone is 2. The molecule has 0 aromatic heterocycles. The van der Waals surface area contributed by atoms with Gasteiger partial charge >= 0.3 is 11.9 Å². The molecule has 1 aromatic rings. The molecular formula is C20H18ClN3O7. The Morgan fingerprint density at radius 3 is 2.58 bits per heavy atom. The molecule has 1 aliphatic rings. The molecule has 1 aromatic carbocycles. The number of rotatable bonds is 7. The van der Waals surface area contributed by atoms with Gasteiger partial charge in [-0.2, -0.15) is 5.26 Å². The Hall–Kier alpha value is -3.84. The van der Waals surface area contributed by atoms with E-state index in [0.29, 0.717) is 5.56 Å². The second-order valence-electron chi connectivity index (χ2n) is 6.41. The standard InChI is InChI=1S/C20H18ClN3O7/c1-10(2)19(25)29-6-7-30-20(26)16-11(3)31-18(23)13(9-22)17(16)12-4-5-15(24(27)28)14(21)8-12/h4-5,8,17H,1,6-7,23H2,2-3H3. The average Bonchev–Trinajstić information content (AvgIpc) is 2.69. The molecule has 2 N–H and O–H groups in total. The summed E-state index contributed by atoms with van der Waals surface area (Å²) in [5, 5.41) is 20.4. The second kappa shape index (κ2) is 9.77. The highest BCUT2D eigenvalue weighted by Crippen LogP contribution is 2.41. The number of benzene rings is 1. The Balaban J connectivity index is 2.34. The lowest BCUT2D eigenvalue weighted by atomic mass is 9.83. The quantitative estimate of drug-likeness (QED) is 0.218. The van der Waals surface area contributed by atoms with Crippen molar-refractivity contribution in [3.8, 4) is 6.07 Å². The first-order chi connectivity index (χ1) is 14.6. The van der Waals surface area contributed by atoms with E-state index in [-0.39, 0.29) is 52.3 Å². The summed E-state index contributed by atoms with van der Waals surface area (Å²) in [5.74, 6) is -2.63. The minimum atomic E-state index is -1.03. The molecule has 0 fully saturated rings. The zero-order valence-electron chi connectivity index (χ0n) is 16.6. The number of hydrogen-bond acceptors (Lipinski definition) is 9. The van der Waals surface area contributed by atoms with Crippen LogP contribution in [0.1, 0.15) is 25.3 Å². The van der Waals surface area contributed by atoms with Gasteiger partial charge in [-0.15, -0.1) is 0 Å². The topological polar surface area (TPSA) is 155 Å². The van der Waals surface area contributed by atoms with Gasteiger partial charge in [0.05, 0.1) is 16.4 Å². The predicted molar refractivity (Wildman–Crippen MR) is 108 cm³/mol. The number of halogens is 1. The number of nitriles is 1. The summed E-state index contributed by atoms with van der Waals surface area (Å²) in [6.07, 6.45) is 0. The Morgan fingerprint density at radius 1 is 1.39 bits per heavy atom. The van der Waals surface area contributed by atoms with E-state index in [1.165, 1.54) is 26.0 Å². The van der Waals surface area contributed by atoms with Crippen molar-refractivity contribution in [2.75, 3.05) is 13.2 Å². The highest BCUT2D eigenvalue weighted by molar-refractivity contribution is 6.32. The number of nitro benzene ring substituents is 1. The van der Waals surface area contributed by atoms with Gasteiger partial charge in [0.1, 0.15) is 35.6 Å². The lowest BCUT2D eigenvalue weighted by molar-refractivity contribution is -0.384. The van der Waals surface area contributed by atoms with Gasteiger partial charge in [-0.1, -0.05) is 24.2 Å². The summed E-state index contributed by atoms with van der Waals surface area (Å²) in [5.41, 5.74) is 5.85. The van der Waals surface area contributed by atoms with Crippen molar-refractivity contribution in [2.45, 2.75) is 19.8 Å². The highest BCUT2D eigenvalue weighted by Gasteiger charge is 2.37. The van der Waals surface area contributed by atoms with Crippen LogP contribution in [0.2, 0.25) is 5.02 Å². The fourth-order valence-corrected chi connectivity index (χ4v) is 3.06. The zero-order chi connectivity index (χ0) is 23.3. The van der Waals surface area contributed by atoms with Crippen molar-refractivity contribution < 1.29 is 28.7 Å². The molecule has 1 heterocycles. The minimum Gasteiger partial charge on any atom is -0.459 e. The van der Waals surface area contributed by atoms with E-state index in [1.54, 1.807) is 0 Å². The number of hydrogen-bond donors (Lipinski definition) is 1. The number of nitrogens with two attached hydrogens (primary N) is 1. The third kappa shape index (κ3) is 5.21. The van der Waals surface area contributed by atoms with Crippen molar-refractivity contribution in [3.05, 3.63) is 73.8 Å². The van der Waals surface area contributed by atoms with E-state index >= 15 is 0 Å². The average molecular weight is 448 g/mol. The molecule has 0 saturated heterocycles. The van der Waals surface area contributed by atoms with E-state index in [1.807, 2.05) is 6.07 Å². The number of nitrogens with zero attached hydrogens (tertiary/aromatic N) is 2. The van der Waals surface area contributed by atoms with Crippen LogP contribution >= 0.6 is 11.6 Å². The van der Waals surface area contributed by atoms with Crippen LogP contribution in [0.5, 0.6) is 0 Å². The maximum Gasteiger partial charge on any atom is 0.338 e. The van der Waals surface area contributed by atoms with E-state index in [9.17, 15) is 25.0 Å². The van der Waals surface area contributed by atoms with E-state index < -0.39 is 22.8 Å². The third-order valence-corrected chi connectivity index (χ3v) is 4.53. The summed E-state index contributed by atoms with van der Waals surface area (Å²) in [4.78, 5) is 34.5. The van der Waals surface area contributed by atoms with E-state index in [2.05, 4.69) is 6.58 Å². The van der Waals surface area contributed by atoms with Crippen molar-refractivity contribution >= 4 is 29.2 Å². The first-order valence-corrected chi connectivity index (χ1v) is 9.18. The summed E-state index contributed by atoms with van der Waals surface area (Å²) in [6, 6.07) is 5.69. The Bertz CT molecular complexity index is 1070. The molecule has 0 aliphatic carbocycles. The van der Waals surface area contributed by atoms with Gasteiger partial charge in [0.25, 0.3) is 5.69 Å². The van der Waals surface area contributed by atoms with Crippen LogP contribution in [0.3, 0.4) is 0 Å². The maximum atomic E-state index is 12.8. The van der Waals surface area contributed by atoms with Crippen molar-refractivity contribution in [2.24, 2.45) is 5.73 Å². The largest absolute Gasteiger partial charge is 0.459 e. The van der Waals surface area contributed by atoms with E-state index in [4.69, 9.17) is 31.5 Å². The summed E-state index contributed by atoms with van der Waals surface area (Å²) in [6.45, 7) is 5.90. The molecule has 0 spiro atoms. The van der Waals surface area contributed by atoms with Gasteiger partial charge in [-0.05, 0) is 25.5 Å². The summed E-state index contributed by atoms with van der Waals surface area (Å²) >= 11 is 6.00. The third-order valence-electron chi connectivity index (χ3n) is 4.23. The number of esters is 2. The van der Waals surface area contributed by atoms with Crippen molar-refractivity contribution in [1.82, 2.24) is 0 Å². The number of nitro groups is 1. The lowest BCUT2D eigenvalue weighted by Crippen LogP contribution is -2.26. The van der Waals surface area contributed by atoms with Crippen LogP contribution in [-0.4, -0.2) is 30.1 Å². The van der Waals surface area contributed by atoms with Crippen LogP contribution in [0.15, 0.2) is 53.1 Å². The molecule has 0 bridgehead atoms. The Labute approximate surface area is 182 Å². The van der Waals surface area contributed by atoms with Gasteiger partial charge < -0.3 is 19.9 Å². The molecule has 2 rings (SSSR count). The molecule has 1 unspecified atom stereocenters. The monoisotopic (exact) mass is 447 g/mol. The van der Waals surface area contributed by atoms with E-state index in [0.717, 1.165) is 6.07 Å². The van der Waals surface area contributed by atoms with Crippen LogP contribution in [0.4, 0.5) is 5.69 Å². The second-order valence-corrected chi connectivity index (χ2v) is 6.82.